The van der Waals surface area contributed by atoms with Crippen LogP contribution >= 0.6 is 11.6 Å². The van der Waals surface area contributed by atoms with Crippen LogP contribution in [0.5, 0.6) is 11.5 Å². The Labute approximate surface area is 192 Å². The first-order valence-electron chi connectivity index (χ1n) is 9.49. The lowest BCUT2D eigenvalue weighted by Gasteiger charge is -2.15. The summed E-state index contributed by atoms with van der Waals surface area (Å²) in [5.74, 6) is -0.613. The average Bonchev–Trinajstić information content (AvgIpc) is 2.73. The van der Waals surface area contributed by atoms with Gasteiger partial charge < -0.3 is 19.5 Å². The monoisotopic (exact) mass is 484 g/mol. The molecule has 0 aliphatic rings. The number of nitrogens with zero attached hydrogens (tertiary/aromatic N) is 1. The fourth-order valence-electron chi connectivity index (χ4n) is 2.52. The number of amides is 1. The van der Waals surface area contributed by atoms with Crippen molar-refractivity contribution in [3.63, 3.8) is 0 Å². The lowest BCUT2D eigenvalue weighted by Crippen LogP contribution is -2.23. The van der Waals surface area contributed by atoms with Crippen molar-refractivity contribution in [2.75, 3.05) is 33.1 Å². The van der Waals surface area contributed by atoms with Crippen LogP contribution < -0.4 is 14.8 Å². The van der Waals surface area contributed by atoms with Crippen LogP contribution in [0.4, 0.5) is 5.69 Å². The Bertz CT molecular complexity index is 1100. The standard InChI is InChI=1S/C21H25ClN2O7S/c1-13(2)31-18-9-6-14(10-19(18)29-5)21(26)30-12-20(25)23-17-11-15(7-8-16(17)22)32(27,28)24(3)4/h6-11,13H,12H2,1-5H3,(H,23,25). The second kappa shape index (κ2) is 10.7. The quantitative estimate of drug-likeness (QED) is 0.544. The Morgan fingerprint density at radius 1 is 1.09 bits per heavy atom. The number of anilines is 1. The van der Waals surface area contributed by atoms with E-state index in [0.717, 1.165) is 4.31 Å². The molecule has 2 aromatic rings. The SMILES string of the molecule is COc1cc(C(=O)OCC(=O)Nc2cc(S(=O)(=O)N(C)C)ccc2Cl)ccc1OC(C)C. The molecule has 0 saturated heterocycles. The summed E-state index contributed by atoms with van der Waals surface area (Å²) in [4.78, 5) is 24.5. The van der Waals surface area contributed by atoms with Crippen molar-refractivity contribution in [1.82, 2.24) is 4.31 Å². The number of carbonyl (C=O) groups excluding carboxylic acids is 2. The molecule has 0 bridgehead atoms. The molecule has 0 saturated carbocycles. The fourth-order valence-corrected chi connectivity index (χ4v) is 3.61. The van der Waals surface area contributed by atoms with Crippen LogP contribution in [0.15, 0.2) is 41.3 Å². The molecule has 0 radical (unpaired) electrons. The van der Waals surface area contributed by atoms with Crippen LogP contribution in [-0.2, 0) is 19.6 Å². The Kier molecular flexibility index (Phi) is 8.48. The number of benzene rings is 2. The van der Waals surface area contributed by atoms with Crippen molar-refractivity contribution < 1.29 is 32.2 Å². The molecule has 0 fully saturated rings. The molecule has 0 unspecified atom stereocenters. The molecule has 0 aromatic heterocycles. The van der Waals surface area contributed by atoms with E-state index >= 15 is 0 Å². The minimum Gasteiger partial charge on any atom is -0.493 e. The van der Waals surface area contributed by atoms with Gasteiger partial charge in [-0.1, -0.05) is 11.6 Å². The molecule has 11 heteroatoms. The summed E-state index contributed by atoms with van der Waals surface area (Å²) in [7, 11) is 0.502. The van der Waals surface area contributed by atoms with Gasteiger partial charge in [0.25, 0.3) is 5.91 Å². The molecule has 0 aliphatic carbocycles. The third kappa shape index (κ3) is 6.35. The maximum absolute atomic E-state index is 12.3. The topological polar surface area (TPSA) is 111 Å². The summed E-state index contributed by atoms with van der Waals surface area (Å²) in [5, 5.41) is 2.58. The molecular weight excluding hydrogens is 460 g/mol. The third-order valence-corrected chi connectivity index (χ3v) is 6.23. The van der Waals surface area contributed by atoms with Crippen LogP contribution in [0.1, 0.15) is 24.2 Å². The van der Waals surface area contributed by atoms with E-state index in [1.54, 1.807) is 6.07 Å². The fraction of sp³-hybridized carbons (Fsp3) is 0.333. The van der Waals surface area contributed by atoms with Gasteiger partial charge in [-0.15, -0.1) is 0 Å². The van der Waals surface area contributed by atoms with E-state index in [0.29, 0.717) is 11.5 Å². The third-order valence-electron chi connectivity index (χ3n) is 4.09. The molecule has 2 rings (SSSR count). The van der Waals surface area contributed by atoms with Crippen molar-refractivity contribution >= 4 is 39.2 Å². The predicted molar refractivity (Wildman–Crippen MR) is 120 cm³/mol. The molecular formula is C21H25ClN2O7S. The van der Waals surface area contributed by atoms with Gasteiger partial charge in [0.05, 0.1) is 34.4 Å². The molecule has 9 nitrogen and oxygen atoms in total. The number of rotatable bonds is 9. The number of ether oxygens (including phenoxy) is 3. The van der Waals surface area contributed by atoms with Gasteiger partial charge in [0.15, 0.2) is 18.1 Å². The van der Waals surface area contributed by atoms with Crippen molar-refractivity contribution in [2.45, 2.75) is 24.8 Å². The first-order valence-corrected chi connectivity index (χ1v) is 11.3. The summed E-state index contributed by atoms with van der Waals surface area (Å²) in [5.41, 5.74) is 0.246. The van der Waals surface area contributed by atoms with Crippen molar-refractivity contribution in [2.24, 2.45) is 0 Å². The highest BCUT2D eigenvalue weighted by Gasteiger charge is 2.20. The molecule has 0 aliphatic heterocycles. The van der Waals surface area contributed by atoms with Crippen molar-refractivity contribution in [1.29, 1.82) is 0 Å². The highest BCUT2D eigenvalue weighted by molar-refractivity contribution is 7.89. The molecule has 0 spiro atoms. The van der Waals surface area contributed by atoms with Gasteiger partial charge in [-0.2, -0.15) is 0 Å². The average molecular weight is 485 g/mol. The van der Waals surface area contributed by atoms with E-state index in [1.165, 1.54) is 51.5 Å². The molecule has 1 N–H and O–H groups in total. The zero-order valence-electron chi connectivity index (χ0n) is 18.3. The number of sulfonamides is 1. The smallest absolute Gasteiger partial charge is 0.338 e. The highest BCUT2D eigenvalue weighted by Crippen LogP contribution is 2.29. The molecule has 2 aromatic carbocycles. The zero-order chi connectivity index (χ0) is 24.1. The first-order chi connectivity index (χ1) is 14.9. The number of hydrogen-bond donors (Lipinski definition) is 1. The van der Waals surface area contributed by atoms with Crippen molar-refractivity contribution in [3.05, 3.63) is 47.0 Å². The second-order valence-corrected chi connectivity index (χ2v) is 9.64. The van der Waals surface area contributed by atoms with Gasteiger partial charge in [-0.05, 0) is 50.2 Å². The Balaban J connectivity index is 2.07. The first kappa shape index (κ1) is 25.4. The summed E-state index contributed by atoms with van der Waals surface area (Å²) in [6.45, 7) is 3.11. The zero-order valence-corrected chi connectivity index (χ0v) is 19.9. The van der Waals surface area contributed by atoms with Gasteiger partial charge in [0.2, 0.25) is 10.0 Å². The normalized spacial score (nSPS) is 11.4. The van der Waals surface area contributed by atoms with E-state index < -0.39 is 28.5 Å². The lowest BCUT2D eigenvalue weighted by atomic mass is 10.2. The Morgan fingerprint density at radius 3 is 2.38 bits per heavy atom. The minimum absolute atomic E-state index is 0.0463. The van der Waals surface area contributed by atoms with Crippen LogP contribution in [0.3, 0.4) is 0 Å². The lowest BCUT2D eigenvalue weighted by molar-refractivity contribution is -0.119. The number of carbonyl (C=O) groups is 2. The number of nitrogens with one attached hydrogen (secondary N) is 1. The number of esters is 1. The van der Waals surface area contributed by atoms with Gasteiger partial charge in [-0.25, -0.2) is 17.5 Å². The van der Waals surface area contributed by atoms with Gasteiger partial charge in [0.1, 0.15) is 0 Å². The van der Waals surface area contributed by atoms with Gasteiger partial charge >= 0.3 is 5.97 Å². The number of methoxy groups -OCH3 is 1. The molecule has 1 amide bonds. The van der Waals surface area contributed by atoms with E-state index in [4.69, 9.17) is 25.8 Å². The second-order valence-electron chi connectivity index (χ2n) is 7.09. The molecule has 0 heterocycles. The van der Waals surface area contributed by atoms with Crippen LogP contribution in [0.25, 0.3) is 0 Å². The summed E-state index contributed by atoms with van der Waals surface area (Å²) < 4.78 is 41.4. The largest absolute Gasteiger partial charge is 0.493 e. The molecule has 0 atom stereocenters. The minimum atomic E-state index is -3.72. The van der Waals surface area contributed by atoms with Crippen molar-refractivity contribution in [3.8, 4) is 11.5 Å². The van der Waals surface area contributed by atoms with Gasteiger partial charge in [-0.3, -0.25) is 4.79 Å². The number of halogens is 1. The Morgan fingerprint density at radius 2 is 1.78 bits per heavy atom. The highest BCUT2D eigenvalue weighted by atomic mass is 35.5. The van der Waals surface area contributed by atoms with Crippen LogP contribution in [0, 0.1) is 0 Å². The van der Waals surface area contributed by atoms with Crippen LogP contribution in [-0.4, -0.2) is 58.5 Å². The summed E-state index contributed by atoms with van der Waals surface area (Å²) in [6, 6.07) is 8.43. The summed E-state index contributed by atoms with van der Waals surface area (Å²) in [6.07, 6.45) is -0.0802. The Hall–Kier alpha value is -2.82. The van der Waals surface area contributed by atoms with E-state index in [2.05, 4.69) is 5.32 Å². The van der Waals surface area contributed by atoms with Crippen LogP contribution in [0.2, 0.25) is 5.02 Å². The predicted octanol–water partition coefficient (Wildman–Crippen LogP) is 3.18. The van der Waals surface area contributed by atoms with Gasteiger partial charge in [0, 0.05) is 14.1 Å². The van der Waals surface area contributed by atoms with E-state index in [1.807, 2.05) is 13.8 Å². The van der Waals surface area contributed by atoms with E-state index in [-0.39, 0.29) is 27.3 Å². The molecule has 174 valence electrons. The maximum atomic E-state index is 12.3. The van der Waals surface area contributed by atoms with E-state index in [9.17, 15) is 18.0 Å². The molecule has 32 heavy (non-hydrogen) atoms. The number of hydrogen-bond acceptors (Lipinski definition) is 7. The summed E-state index contributed by atoms with van der Waals surface area (Å²) >= 11 is 6.06. The maximum Gasteiger partial charge on any atom is 0.338 e.